The van der Waals surface area contributed by atoms with Crippen molar-refractivity contribution in [3.8, 4) is 28.3 Å². The predicted molar refractivity (Wildman–Crippen MR) is 229 cm³/mol. The van der Waals surface area contributed by atoms with E-state index in [1.54, 1.807) is 0 Å². The Labute approximate surface area is 317 Å². The third-order valence-electron chi connectivity index (χ3n) is 10.8. The number of hydrogen-bond acceptors (Lipinski definition) is 3. The summed E-state index contributed by atoms with van der Waals surface area (Å²) in [5, 5.41) is 6.94. The number of fused-ring (bicyclic) bond motifs is 8. The molecule has 9 aromatic carbocycles. The molecule has 0 unspecified atom stereocenters. The molecule has 0 saturated heterocycles. The Balaban J connectivity index is 1.11. The Bertz CT molecular complexity index is 3200. The minimum absolute atomic E-state index is 0.631. The molecule has 0 N–H and O–H groups in total. The van der Waals surface area contributed by atoms with Crippen LogP contribution in [0.4, 0.5) is 17.1 Å². The maximum absolute atomic E-state index is 6.55. The first-order chi connectivity index (χ1) is 27.3. The molecule has 0 bridgehead atoms. The van der Waals surface area contributed by atoms with Gasteiger partial charge in [-0.3, -0.25) is 0 Å². The minimum atomic E-state index is 0.631. The summed E-state index contributed by atoms with van der Waals surface area (Å²) in [5.74, 6) is 0.631. The molecular formula is C51H33N3O. The summed E-state index contributed by atoms with van der Waals surface area (Å²) in [6.07, 6.45) is 0. The summed E-state index contributed by atoms with van der Waals surface area (Å²) in [5.41, 5.74) is 11.6. The van der Waals surface area contributed by atoms with Gasteiger partial charge in [0.15, 0.2) is 5.58 Å². The van der Waals surface area contributed by atoms with Gasteiger partial charge in [-0.2, -0.15) is 0 Å². The van der Waals surface area contributed by atoms with Crippen LogP contribution in [0, 0.1) is 0 Å². The maximum Gasteiger partial charge on any atom is 0.227 e. The summed E-state index contributed by atoms with van der Waals surface area (Å²) >= 11 is 0. The molecular weight excluding hydrogens is 671 g/mol. The van der Waals surface area contributed by atoms with Crippen LogP contribution < -0.4 is 4.90 Å². The van der Waals surface area contributed by atoms with Crippen LogP contribution in [-0.4, -0.2) is 9.55 Å². The van der Waals surface area contributed by atoms with Crippen LogP contribution in [-0.2, 0) is 0 Å². The molecule has 55 heavy (non-hydrogen) atoms. The molecule has 0 saturated carbocycles. The summed E-state index contributed by atoms with van der Waals surface area (Å²) in [7, 11) is 0. The molecule has 2 aromatic heterocycles. The second-order valence-electron chi connectivity index (χ2n) is 14.0. The smallest absolute Gasteiger partial charge is 0.227 e. The third kappa shape index (κ3) is 5.11. The van der Waals surface area contributed by atoms with E-state index in [1.165, 1.54) is 16.3 Å². The summed E-state index contributed by atoms with van der Waals surface area (Å²) in [6, 6.07) is 71.1. The molecule has 0 aliphatic heterocycles. The van der Waals surface area contributed by atoms with Crippen LogP contribution in [0.5, 0.6) is 0 Å². The normalized spacial score (nSPS) is 11.6. The fourth-order valence-corrected chi connectivity index (χ4v) is 8.26. The van der Waals surface area contributed by atoms with Crippen LogP contribution in [0.25, 0.3) is 82.7 Å². The lowest BCUT2D eigenvalue weighted by Crippen LogP contribution is -2.11. The first-order valence-electron chi connectivity index (χ1n) is 18.6. The highest BCUT2D eigenvalue weighted by Gasteiger charge is 2.22. The van der Waals surface area contributed by atoms with Crippen molar-refractivity contribution in [3.63, 3.8) is 0 Å². The highest BCUT2D eigenvalue weighted by atomic mass is 16.3. The van der Waals surface area contributed by atoms with Gasteiger partial charge in [-0.25, -0.2) is 4.98 Å². The molecule has 0 spiro atoms. The number of hydrogen-bond donors (Lipinski definition) is 0. The van der Waals surface area contributed by atoms with E-state index in [9.17, 15) is 0 Å². The first-order valence-corrected chi connectivity index (χ1v) is 18.6. The molecule has 0 fully saturated rings. The van der Waals surface area contributed by atoms with Crippen LogP contribution in [0.2, 0.25) is 0 Å². The van der Waals surface area contributed by atoms with Crippen LogP contribution in [0.3, 0.4) is 0 Å². The number of anilines is 3. The van der Waals surface area contributed by atoms with Crippen molar-refractivity contribution in [2.75, 3.05) is 4.90 Å². The Hall–Kier alpha value is -7.43. The zero-order valence-electron chi connectivity index (χ0n) is 29.8. The number of nitrogens with zero attached hydrogens (tertiary/aromatic N) is 3. The van der Waals surface area contributed by atoms with Gasteiger partial charge >= 0.3 is 0 Å². The van der Waals surface area contributed by atoms with Gasteiger partial charge in [-0.05, 0) is 100 Å². The van der Waals surface area contributed by atoms with E-state index >= 15 is 0 Å². The van der Waals surface area contributed by atoms with Crippen molar-refractivity contribution in [2.24, 2.45) is 0 Å². The second-order valence-corrected chi connectivity index (χ2v) is 14.0. The van der Waals surface area contributed by atoms with E-state index < -0.39 is 0 Å². The highest BCUT2D eigenvalue weighted by Crippen LogP contribution is 2.44. The van der Waals surface area contributed by atoms with Crippen molar-refractivity contribution in [3.05, 3.63) is 200 Å². The lowest BCUT2D eigenvalue weighted by molar-refractivity contribution is 0.623. The van der Waals surface area contributed by atoms with Gasteiger partial charge in [0.25, 0.3) is 0 Å². The van der Waals surface area contributed by atoms with Crippen LogP contribution in [0.15, 0.2) is 205 Å². The molecule has 0 atom stereocenters. The van der Waals surface area contributed by atoms with Crippen LogP contribution in [0.1, 0.15) is 0 Å². The van der Waals surface area contributed by atoms with Crippen molar-refractivity contribution in [1.29, 1.82) is 0 Å². The molecule has 0 radical (unpaired) electrons. The van der Waals surface area contributed by atoms with E-state index in [1.807, 2.05) is 30.3 Å². The van der Waals surface area contributed by atoms with E-state index in [4.69, 9.17) is 9.40 Å². The highest BCUT2D eigenvalue weighted by molar-refractivity contribution is 6.19. The first kappa shape index (κ1) is 31.1. The SMILES string of the molecule is c1ccc(-c2nc3ccc4ccc5ccc(-c6cccc(N(c7ccccc7)c7cccc8c9ccccc9n(-c9ccccc9)c78)c6)cc5c4c3o2)cc1. The number of benzene rings is 9. The Kier molecular flexibility index (Phi) is 7.14. The average molecular weight is 704 g/mol. The largest absolute Gasteiger partial charge is 0.435 e. The molecule has 0 amide bonds. The fraction of sp³-hybridized carbons (Fsp3) is 0. The van der Waals surface area contributed by atoms with Crippen molar-refractivity contribution >= 4 is 71.5 Å². The molecule has 11 aromatic rings. The van der Waals surface area contributed by atoms with E-state index in [-0.39, 0.29) is 0 Å². The van der Waals surface area contributed by atoms with E-state index in [0.29, 0.717) is 5.89 Å². The van der Waals surface area contributed by atoms with Gasteiger partial charge < -0.3 is 13.9 Å². The molecule has 2 heterocycles. The van der Waals surface area contributed by atoms with Crippen molar-refractivity contribution in [1.82, 2.24) is 9.55 Å². The molecule has 0 aliphatic carbocycles. The third-order valence-corrected chi connectivity index (χ3v) is 10.8. The Morgan fingerprint density at radius 3 is 1.95 bits per heavy atom. The Morgan fingerprint density at radius 1 is 0.455 bits per heavy atom. The van der Waals surface area contributed by atoms with Crippen LogP contribution >= 0.6 is 0 Å². The zero-order chi connectivity index (χ0) is 36.3. The number of rotatable bonds is 6. The topological polar surface area (TPSA) is 34.2 Å². The van der Waals surface area contributed by atoms with Gasteiger partial charge in [0.1, 0.15) is 5.52 Å². The van der Waals surface area contributed by atoms with Gasteiger partial charge in [0, 0.05) is 38.8 Å². The average Bonchev–Trinajstić information content (AvgIpc) is 3.85. The van der Waals surface area contributed by atoms with Crippen molar-refractivity contribution in [2.45, 2.75) is 0 Å². The van der Waals surface area contributed by atoms with Crippen molar-refractivity contribution < 1.29 is 4.42 Å². The standard InChI is InChI=1S/C51H33N3O/c1-4-14-36(15-5-1)51-52-45-31-30-35-28-26-34-27-29-38(33-44(34)48(35)50(45)55-51)37-16-12-21-41(32-37)53(39-17-6-2-7-18-39)47-25-13-23-43-42-22-10-11-24-46(42)54(49(43)47)40-19-8-3-9-20-40/h1-33H. The number of aromatic nitrogens is 2. The van der Waals surface area contributed by atoms with E-state index in [2.05, 4.69) is 179 Å². The maximum atomic E-state index is 6.55. The summed E-state index contributed by atoms with van der Waals surface area (Å²) in [4.78, 5) is 7.29. The van der Waals surface area contributed by atoms with Gasteiger partial charge in [-0.1, -0.05) is 127 Å². The van der Waals surface area contributed by atoms with Gasteiger partial charge in [-0.15, -0.1) is 0 Å². The Morgan fingerprint density at radius 2 is 1.09 bits per heavy atom. The number of oxazole rings is 1. The minimum Gasteiger partial charge on any atom is -0.435 e. The quantitative estimate of drug-likeness (QED) is 0.162. The molecule has 4 heteroatoms. The molecule has 11 rings (SSSR count). The lowest BCUT2D eigenvalue weighted by atomic mass is 9.96. The zero-order valence-corrected chi connectivity index (χ0v) is 29.8. The number of para-hydroxylation sites is 4. The van der Waals surface area contributed by atoms with Gasteiger partial charge in [0.2, 0.25) is 5.89 Å². The summed E-state index contributed by atoms with van der Waals surface area (Å²) < 4.78 is 8.95. The molecule has 0 aliphatic rings. The monoisotopic (exact) mass is 703 g/mol. The second kappa shape index (κ2) is 12.6. The summed E-state index contributed by atoms with van der Waals surface area (Å²) in [6.45, 7) is 0. The fourth-order valence-electron chi connectivity index (χ4n) is 8.26. The van der Waals surface area contributed by atoms with E-state index in [0.717, 1.165) is 77.6 Å². The predicted octanol–water partition coefficient (Wildman–Crippen LogP) is 14.0. The molecule has 258 valence electrons. The van der Waals surface area contributed by atoms with Gasteiger partial charge in [0.05, 0.1) is 16.7 Å². The lowest BCUT2D eigenvalue weighted by Gasteiger charge is -2.27. The molecule has 4 nitrogen and oxygen atoms in total.